The zero-order valence-corrected chi connectivity index (χ0v) is 24.7. The van der Waals surface area contributed by atoms with Crippen molar-refractivity contribution in [2.24, 2.45) is 0 Å². The molecule has 1 N–H and O–H groups in total. The van der Waals surface area contributed by atoms with E-state index in [4.69, 9.17) is 4.74 Å². The number of rotatable bonds is 15. The second kappa shape index (κ2) is 15.0. The Hall–Kier alpha value is -4.45. The van der Waals surface area contributed by atoms with Gasteiger partial charge < -0.3 is 15.0 Å². The van der Waals surface area contributed by atoms with Crippen LogP contribution < -0.4 is 14.4 Å². The Kier molecular flexibility index (Phi) is 11.4. The average molecular weight is 597 g/mol. The maximum absolute atomic E-state index is 14.0. The van der Waals surface area contributed by atoms with Crippen LogP contribution in [0.15, 0.2) is 83.8 Å². The second-order valence-electron chi connectivity index (χ2n) is 9.54. The fourth-order valence-corrected chi connectivity index (χ4v) is 5.78. The quantitative estimate of drug-likeness (QED) is 0.155. The summed E-state index contributed by atoms with van der Waals surface area (Å²) >= 11 is 0. The number of carbonyl (C=O) groups is 2. The van der Waals surface area contributed by atoms with E-state index in [2.05, 4.69) is 5.32 Å². The van der Waals surface area contributed by atoms with Gasteiger partial charge in [0.25, 0.3) is 15.7 Å². The molecule has 0 unspecified atom stereocenters. The normalized spacial score (nSPS) is 11.8. The lowest BCUT2D eigenvalue weighted by Gasteiger charge is -2.33. The van der Waals surface area contributed by atoms with Crippen LogP contribution >= 0.6 is 0 Å². The van der Waals surface area contributed by atoms with Crippen molar-refractivity contribution in [2.75, 3.05) is 24.5 Å². The summed E-state index contributed by atoms with van der Waals surface area (Å²) < 4.78 is 33.8. The summed E-state index contributed by atoms with van der Waals surface area (Å²) in [4.78, 5) is 39.2. The van der Waals surface area contributed by atoms with Gasteiger partial charge in [-0.25, -0.2) is 8.42 Å². The molecular weight excluding hydrogens is 560 g/mol. The van der Waals surface area contributed by atoms with Gasteiger partial charge in [0.05, 0.1) is 22.6 Å². The molecule has 0 aliphatic heterocycles. The SMILES string of the molecule is CCCCNC(=O)[C@@H](CC)N(Cc1ccc(OC)cc1)C(=O)CN(c1ccc([N+](=O)[O-])cc1)S(=O)(=O)c1ccccc1. The smallest absolute Gasteiger partial charge is 0.269 e. The molecule has 0 saturated carbocycles. The third kappa shape index (κ3) is 8.06. The minimum absolute atomic E-state index is 0.0437. The summed E-state index contributed by atoms with van der Waals surface area (Å²) in [5, 5.41) is 14.1. The number of nitro groups is 1. The highest BCUT2D eigenvalue weighted by Crippen LogP contribution is 2.27. The Morgan fingerprint density at radius 2 is 1.62 bits per heavy atom. The first kappa shape index (κ1) is 32.1. The zero-order valence-electron chi connectivity index (χ0n) is 23.9. The lowest BCUT2D eigenvalue weighted by molar-refractivity contribution is -0.384. The second-order valence-corrected chi connectivity index (χ2v) is 11.4. The number of hydrogen-bond donors (Lipinski definition) is 1. The molecular formula is C30H36N4O7S. The molecule has 0 fully saturated rings. The molecule has 3 aromatic carbocycles. The number of nitrogens with zero attached hydrogens (tertiary/aromatic N) is 3. The molecule has 12 heteroatoms. The number of sulfonamides is 1. The van der Waals surface area contributed by atoms with E-state index in [9.17, 15) is 28.1 Å². The first-order chi connectivity index (χ1) is 20.1. The average Bonchev–Trinajstić information content (AvgIpc) is 3.00. The molecule has 0 aromatic heterocycles. The summed E-state index contributed by atoms with van der Waals surface area (Å²) in [5.41, 5.74) is 0.567. The van der Waals surface area contributed by atoms with Gasteiger partial charge in [-0.1, -0.05) is 50.6 Å². The highest BCUT2D eigenvalue weighted by atomic mass is 32.2. The minimum atomic E-state index is -4.27. The zero-order chi connectivity index (χ0) is 30.7. The molecule has 3 rings (SSSR count). The molecule has 224 valence electrons. The lowest BCUT2D eigenvalue weighted by atomic mass is 10.1. The molecule has 11 nitrogen and oxygen atoms in total. The van der Waals surface area contributed by atoms with Gasteiger partial charge >= 0.3 is 0 Å². The molecule has 0 bridgehead atoms. The van der Waals surface area contributed by atoms with Gasteiger partial charge in [0, 0.05) is 25.2 Å². The van der Waals surface area contributed by atoms with E-state index < -0.39 is 33.4 Å². The van der Waals surface area contributed by atoms with E-state index in [1.807, 2.05) is 6.92 Å². The van der Waals surface area contributed by atoms with Crippen LogP contribution in [-0.4, -0.2) is 56.3 Å². The molecule has 0 heterocycles. The van der Waals surface area contributed by atoms with Crippen molar-refractivity contribution in [3.05, 3.63) is 94.5 Å². The van der Waals surface area contributed by atoms with Crippen LogP contribution in [0.5, 0.6) is 5.75 Å². The molecule has 0 saturated heterocycles. The Morgan fingerprint density at radius 1 is 0.976 bits per heavy atom. The highest BCUT2D eigenvalue weighted by molar-refractivity contribution is 7.92. The minimum Gasteiger partial charge on any atom is -0.497 e. The van der Waals surface area contributed by atoms with E-state index >= 15 is 0 Å². The van der Waals surface area contributed by atoms with Gasteiger partial charge in [0.2, 0.25) is 11.8 Å². The van der Waals surface area contributed by atoms with E-state index in [1.165, 1.54) is 41.3 Å². The molecule has 0 aliphatic carbocycles. The number of anilines is 1. The lowest BCUT2D eigenvalue weighted by Crippen LogP contribution is -2.52. The monoisotopic (exact) mass is 596 g/mol. The summed E-state index contributed by atoms with van der Waals surface area (Å²) in [7, 11) is -2.73. The maximum atomic E-state index is 14.0. The van der Waals surface area contributed by atoms with Crippen LogP contribution in [0.4, 0.5) is 11.4 Å². The Morgan fingerprint density at radius 3 is 2.17 bits per heavy atom. The van der Waals surface area contributed by atoms with E-state index in [0.29, 0.717) is 18.7 Å². The van der Waals surface area contributed by atoms with Gasteiger partial charge in [0.15, 0.2) is 0 Å². The maximum Gasteiger partial charge on any atom is 0.269 e. The molecule has 2 amide bonds. The van der Waals surface area contributed by atoms with Crippen molar-refractivity contribution >= 4 is 33.2 Å². The van der Waals surface area contributed by atoms with Gasteiger partial charge in [0.1, 0.15) is 18.3 Å². The third-order valence-electron chi connectivity index (χ3n) is 6.69. The Balaban J connectivity index is 2.04. The predicted octanol–water partition coefficient (Wildman–Crippen LogP) is 4.52. The highest BCUT2D eigenvalue weighted by Gasteiger charge is 2.33. The number of nitrogens with one attached hydrogen (secondary N) is 1. The van der Waals surface area contributed by atoms with Crippen LogP contribution in [0.1, 0.15) is 38.7 Å². The fraction of sp³-hybridized carbons (Fsp3) is 0.333. The van der Waals surface area contributed by atoms with Crippen molar-refractivity contribution in [1.29, 1.82) is 0 Å². The van der Waals surface area contributed by atoms with Gasteiger partial charge in [-0.15, -0.1) is 0 Å². The topological polar surface area (TPSA) is 139 Å². The first-order valence-corrected chi connectivity index (χ1v) is 15.1. The van der Waals surface area contributed by atoms with Crippen LogP contribution in [0.25, 0.3) is 0 Å². The van der Waals surface area contributed by atoms with Gasteiger partial charge in [-0.05, 0) is 54.8 Å². The molecule has 3 aromatic rings. The first-order valence-electron chi connectivity index (χ1n) is 13.6. The number of amides is 2. The summed E-state index contributed by atoms with van der Waals surface area (Å²) in [6, 6.07) is 18.7. The van der Waals surface area contributed by atoms with Crippen molar-refractivity contribution in [3.63, 3.8) is 0 Å². The number of nitro benzene ring substituents is 1. The number of benzene rings is 3. The predicted molar refractivity (Wildman–Crippen MR) is 160 cm³/mol. The van der Waals surface area contributed by atoms with Gasteiger partial charge in [-0.2, -0.15) is 0 Å². The molecule has 0 radical (unpaired) electrons. The molecule has 1 atom stereocenters. The fourth-order valence-electron chi connectivity index (χ4n) is 4.34. The Labute approximate surface area is 246 Å². The third-order valence-corrected chi connectivity index (χ3v) is 8.47. The van der Waals surface area contributed by atoms with Crippen molar-refractivity contribution in [3.8, 4) is 5.75 Å². The summed E-state index contributed by atoms with van der Waals surface area (Å²) in [6.45, 7) is 3.65. The number of unbranched alkanes of at least 4 members (excludes halogenated alkanes) is 1. The Bertz CT molecular complexity index is 1450. The largest absolute Gasteiger partial charge is 0.497 e. The van der Waals surface area contributed by atoms with Crippen molar-refractivity contribution in [2.45, 2.75) is 50.6 Å². The summed E-state index contributed by atoms with van der Waals surface area (Å²) in [5.74, 6) is -0.318. The van der Waals surface area contributed by atoms with Crippen molar-refractivity contribution < 1.29 is 27.7 Å². The van der Waals surface area contributed by atoms with E-state index in [0.717, 1.165) is 22.7 Å². The van der Waals surface area contributed by atoms with Crippen molar-refractivity contribution in [1.82, 2.24) is 10.2 Å². The number of ether oxygens (including phenoxy) is 1. The van der Waals surface area contributed by atoms with Crippen LogP contribution in [0.2, 0.25) is 0 Å². The standard InChI is InChI=1S/C30H36N4O7S/c1-4-6-20-31-30(36)28(5-2)32(21-23-12-18-26(41-3)19-13-23)29(35)22-33(24-14-16-25(17-15-24)34(37)38)42(39,40)27-10-8-7-9-11-27/h7-19,28H,4-6,20-22H2,1-3H3,(H,31,36)/t28-/m1/s1. The summed E-state index contributed by atoms with van der Waals surface area (Å²) in [6.07, 6.45) is 1.95. The number of hydrogen-bond acceptors (Lipinski definition) is 7. The van der Waals surface area contributed by atoms with Crippen LogP contribution in [-0.2, 0) is 26.2 Å². The van der Waals surface area contributed by atoms with Crippen LogP contribution in [0.3, 0.4) is 0 Å². The number of carbonyl (C=O) groups excluding carboxylic acids is 2. The molecule has 42 heavy (non-hydrogen) atoms. The molecule has 0 spiro atoms. The van der Waals surface area contributed by atoms with Crippen LogP contribution in [0, 0.1) is 10.1 Å². The number of methoxy groups -OCH3 is 1. The van der Waals surface area contributed by atoms with E-state index in [1.54, 1.807) is 56.5 Å². The number of non-ortho nitro benzene ring substituents is 1. The molecule has 0 aliphatic rings. The van der Waals surface area contributed by atoms with E-state index in [-0.39, 0.29) is 28.7 Å². The van der Waals surface area contributed by atoms with Gasteiger partial charge in [-0.3, -0.25) is 24.0 Å².